The summed E-state index contributed by atoms with van der Waals surface area (Å²) in [6.07, 6.45) is 0. The maximum Gasteiger partial charge on any atom is 0.269 e. The first-order valence-corrected chi connectivity index (χ1v) is 11.4. The maximum atomic E-state index is 13.3. The van der Waals surface area contributed by atoms with E-state index in [4.69, 9.17) is 17.3 Å². The van der Waals surface area contributed by atoms with Gasteiger partial charge in [0.25, 0.3) is 17.5 Å². The van der Waals surface area contributed by atoms with Gasteiger partial charge in [0.15, 0.2) is 0 Å². The van der Waals surface area contributed by atoms with Crippen molar-refractivity contribution in [1.82, 2.24) is 4.90 Å². The number of hydrogen-bond acceptors (Lipinski definition) is 5. The Labute approximate surface area is 208 Å². The highest BCUT2D eigenvalue weighted by Crippen LogP contribution is 2.26. The SMILES string of the molecule is CC(C)(CN)CN(Cc1cc(NC(=O)c2ccc([N+](=O)[O-])cc2)ccc1Cl)C(=O)c1ccccc1. The highest BCUT2D eigenvalue weighted by atomic mass is 35.5. The van der Waals surface area contributed by atoms with Crippen molar-refractivity contribution < 1.29 is 14.5 Å². The fourth-order valence-electron chi connectivity index (χ4n) is 3.46. The molecule has 0 saturated carbocycles. The number of nitrogens with two attached hydrogens (primary N) is 1. The van der Waals surface area contributed by atoms with Crippen LogP contribution >= 0.6 is 11.6 Å². The number of anilines is 1. The Hall–Kier alpha value is -3.75. The van der Waals surface area contributed by atoms with Gasteiger partial charge in [-0.2, -0.15) is 0 Å². The van der Waals surface area contributed by atoms with Gasteiger partial charge in [0.05, 0.1) is 4.92 Å². The topological polar surface area (TPSA) is 119 Å². The minimum Gasteiger partial charge on any atom is -0.334 e. The van der Waals surface area contributed by atoms with Gasteiger partial charge in [0, 0.05) is 47.1 Å². The van der Waals surface area contributed by atoms with Gasteiger partial charge in [-0.05, 0) is 60.0 Å². The average molecular weight is 495 g/mol. The zero-order valence-corrected chi connectivity index (χ0v) is 20.3. The number of nitro groups is 1. The molecule has 35 heavy (non-hydrogen) atoms. The number of amides is 2. The van der Waals surface area contributed by atoms with E-state index in [1.807, 2.05) is 19.9 Å². The van der Waals surface area contributed by atoms with Crippen LogP contribution in [0.2, 0.25) is 5.02 Å². The Morgan fingerprint density at radius 3 is 2.29 bits per heavy atom. The maximum absolute atomic E-state index is 13.3. The molecule has 9 heteroatoms. The molecule has 0 aromatic heterocycles. The Bertz CT molecular complexity index is 1210. The van der Waals surface area contributed by atoms with Gasteiger partial charge < -0.3 is 16.0 Å². The third-order valence-electron chi connectivity index (χ3n) is 5.48. The third-order valence-corrected chi connectivity index (χ3v) is 5.85. The summed E-state index contributed by atoms with van der Waals surface area (Å²) in [7, 11) is 0. The molecule has 182 valence electrons. The third kappa shape index (κ3) is 6.88. The van der Waals surface area contributed by atoms with Crippen LogP contribution in [-0.4, -0.2) is 34.7 Å². The number of non-ortho nitro benzene ring substituents is 1. The molecule has 0 heterocycles. The number of carbonyl (C=O) groups excluding carboxylic acids is 2. The van der Waals surface area contributed by atoms with Gasteiger partial charge in [-0.25, -0.2) is 0 Å². The highest BCUT2D eigenvalue weighted by molar-refractivity contribution is 6.31. The van der Waals surface area contributed by atoms with E-state index in [1.165, 1.54) is 24.3 Å². The summed E-state index contributed by atoms with van der Waals surface area (Å²) in [6, 6.07) is 19.3. The van der Waals surface area contributed by atoms with Crippen molar-refractivity contribution in [1.29, 1.82) is 0 Å². The predicted molar refractivity (Wildman–Crippen MR) is 137 cm³/mol. The zero-order chi connectivity index (χ0) is 25.6. The van der Waals surface area contributed by atoms with Crippen molar-refractivity contribution in [3.8, 4) is 0 Å². The quantitative estimate of drug-likeness (QED) is 0.316. The normalized spacial score (nSPS) is 11.1. The van der Waals surface area contributed by atoms with Crippen molar-refractivity contribution >= 4 is 34.8 Å². The molecule has 0 aliphatic rings. The lowest BCUT2D eigenvalue weighted by Gasteiger charge is -2.32. The van der Waals surface area contributed by atoms with Crippen molar-refractivity contribution in [3.63, 3.8) is 0 Å². The fourth-order valence-corrected chi connectivity index (χ4v) is 3.64. The number of hydrogen-bond donors (Lipinski definition) is 2. The molecule has 8 nitrogen and oxygen atoms in total. The average Bonchev–Trinajstić information content (AvgIpc) is 2.85. The summed E-state index contributed by atoms with van der Waals surface area (Å²) < 4.78 is 0. The van der Waals surface area contributed by atoms with Crippen molar-refractivity contribution in [3.05, 3.63) is 105 Å². The smallest absolute Gasteiger partial charge is 0.269 e. The second kappa shape index (κ2) is 11.1. The molecule has 0 fully saturated rings. The van der Waals surface area contributed by atoms with E-state index in [-0.39, 0.29) is 29.1 Å². The van der Waals surface area contributed by atoms with Crippen LogP contribution in [0.1, 0.15) is 40.1 Å². The van der Waals surface area contributed by atoms with E-state index < -0.39 is 10.8 Å². The largest absolute Gasteiger partial charge is 0.334 e. The van der Waals surface area contributed by atoms with Gasteiger partial charge in [-0.3, -0.25) is 19.7 Å². The van der Waals surface area contributed by atoms with Crippen LogP contribution < -0.4 is 11.1 Å². The second-order valence-electron chi connectivity index (χ2n) is 8.96. The molecule has 0 unspecified atom stereocenters. The number of nitrogens with one attached hydrogen (secondary N) is 1. The monoisotopic (exact) mass is 494 g/mol. The molecule has 0 aliphatic heterocycles. The van der Waals surface area contributed by atoms with Crippen LogP contribution in [-0.2, 0) is 6.54 Å². The van der Waals surface area contributed by atoms with E-state index in [2.05, 4.69) is 5.32 Å². The second-order valence-corrected chi connectivity index (χ2v) is 9.37. The van der Waals surface area contributed by atoms with E-state index in [0.717, 1.165) is 0 Å². The van der Waals surface area contributed by atoms with E-state index >= 15 is 0 Å². The molecule has 0 spiro atoms. The lowest BCUT2D eigenvalue weighted by molar-refractivity contribution is -0.384. The van der Waals surface area contributed by atoms with Crippen LogP contribution in [0.4, 0.5) is 11.4 Å². The molecular formula is C26H27ClN4O4. The van der Waals surface area contributed by atoms with Gasteiger partial charge in [-0.15, -0.1) is 0 Å². The lowest BCUT2D eigenvalue weighted by Crippen LogP contribution is -2.41. The van der Waals surface area contributed by atoms with Crippen LogP contribution in [0.3, 0.4) is 0 Å². The molecule has 2 amide bonds. The van der Waals surface area contributed by atoms with E-state index in [0.29, 0.717) is 34.9 Å². The van der Waals surface area contributed by atoms with Gasteiger partial charge in [-0.1, -0.05) is 43.6 Å². The standard InChI is InChI=1S/C26H27ClN4O4/c1-26(2,16-28)17-30(25(33)19-6-4-3-5-7-19)15-20-14-21(10-13-23(20)27)29-24(32)18-8-11-22(12-9-18)31(34)35/h3-14H,15-17,28H2,1-2H3,(H,29,32). The van der Waals surface area contributed by atoms with Crippen molar-refractivity contribution in [2.24, 2.45) is 11.1 Å². The first kappa shape index (κ1) is 25.9. The summed E-state index contributed by atoms with van der Waals surface area (Å²) in [5, 5.41) is 14.1. The number of nitro benzene ring substituents is 1. The summed E-state index contributed by atoms with van der Waals surface area (Å²) in [4.78, 5) is 37.9. The Morgan fingerprint density at radius 2 is 1.69 bits per heavy atom. The number of halogens is 1. The molecule has 3 aromatic carbocycles. The molecule has 3 N–H and O–H groups in total. The molecule has 0 bridgehead atoms. The van der Waals surface area contributed by atoms with Crippen molar-refractivity contribution in [2.75, 3.05) is 18.4 Å². The van der Waals surface area contributed by atoms with Crippen LogP contribution in [0.25, 0.3) is 0 Å². The minimum absolute atomic E-state index is 0.0982. The predicted octanol–water partition coefficient (Wildman–Crippen LogP) is 5.13. The molecule has 0 atom stereocenters. The Morgan fingerprint density at radius 1 is 1.03 bits per heavy atom. The van der Waals surface area contributed by atoms with Gasteiger partial charge in [0.1, 0.15) is 0 Å². The molecular weight excluding hydrogens is 468 g/mol. The van der Waals surface area contributed by atoms with E-state index in [1.54, 1.807) is 47.4 Å². The van der Waals surface area contributed by atoms with Crippen LogP contribution in [0.5, 0.6) is 0 Å². The number of nitrogens with zero attached hydrogens (tertiary/aromatic N) is 2. The van der Waals surface area contributed by atoms with Crippen LogP contribution in [0, 0.1) is 15.5 Å². The van der Waals surface area contributed by atoms with Crippen molar-refractivity contribution in [2.45, 2.75) is 20.4 Å². The molecule has 3 aromatic rings. The van der Waals surface area contributed by atoms with Gasteiger partial charge >= 0.3 is 0 Å². The molecule has 3 rings (SSSR count). The van der Waals surface area contributed by atoms with Gasteiger partial charge in [0.2, 0.25) is 0 Å². The summed E-state index contributed by atoms with van der Waals surface area (Å²) >= 11 is 6.46. The Balaban J connectivity index is 1.83. The zero-order valence-electron chi connectivity index (χ0n) is 19.5. The number of rotatable bonds is 9. The highest BCUT2D eigenvalue weighted by Gasteiger charge is 2.25. The summed E-state index contributed by atoms with van der Waals surface area (Å²) in [5.41, 5.74) is 7.48. The summed E-state index contributed by atoms with van der Waals surface area (Å²) in [6.45, 7) is 5.00. The first-order chi connectivity index (χ1) is 16.6. The molecule has 0 saturated heterocycles. The lowest BCUT2D eigenvalue weighted by atomic mass is 9.92. The fraction of sp³-hybridized carbons (Fsp3) is 0.231. The van der Waals surface area contributed by atoms with Crippen LogP contribution in [0.15, 0.2) is 72.8 Å². The first-order valence-electron chi connectivity index (χ1n) is 11.0. The summed E-state index contributed by atoms with van der Waals surface area (Å²) in [5.74, 6) is -0.571. The minimum atomic E-state index is -0.526. The molecule has 0 aliphatic carbocycles. The molecule has 0 radical (unpaired) electrons. The number of carbonyl (C=O) groups is 2. The Kier molecular flexibility index (Phi) is 8.22. The number of benzene rings is 3. The van der Waals surface area contributed by atoms with E-state index in [9.17, 15) is 19.7 Å².